The molecule has 0 aliphatic carbocycles. The summed E-state index contributed by atoms with van der Waals surface area (Å²) >= 11 is 0. The van der Waals surface area contributed by atoms with Crippen LogP contribution in [0.5, 0.6) is 5.75 Å². The van der Waals surface area contributed by atoms with Crippen LogP contribution in [0.4, 0.5) is 5.69 Å². The Morgan fingerprint density at radius 2 is 2.05 bits per heavy atom. The zero-order valence-corrected chi connectivity index (χ0v) is 12.0. The number of nitrogens with one attached hydrogen (secondary N) is 1. The van der Waals surface area contributed by atoms with E-state index in [-0.39, 0.29) is 18.1 Å². The molecule has 1 amide bonds. The predicted molar refractivity (Wildman–Crippen MR) is 78.0 cm³/mol. The number of carbonyl (C=O) groups is 2. The number of hydrogen-bond acceptors (Lipinski definition) is 5. The third-order valence-electron chi connectivity index (χ3n) is 2.77. The van der Waals surface area contributed by atoms with Gasteiger partial charge in [-0.3, -0.25) is 9.59 Å². The first-order valence-electron chi connectivity index (χ1n) is 6.74. The number of ether oxygens (including phenoxy) is 1. The minimum absolute atomic E-state index is 0.0741. The van der Waals surface area contributed by atoms with Gasteiger partial charge >= 0.3 is 5.97 Å². The Hall–Kier alpha value is -2.83. The van der Waals surface area contributed by atoms with Crippen LogP contribution in [0.3, 0.4) is 0 Å². The summed E-state index contributed by atoms with van der Waals surface area (Å²) in [4.78, 5) is 22.2. The molecular formula is C15H16N2O5. The van der Waals surface area contributed by atoms with Crippen LogP contribution >= 0.6 is 0 Å². The van der Waals surface area contributed by atoms with Crippen molar-refractivity contribution in [3.05, 3.63) is 41.8 Å². The van der Waals surface area contributed by atoms with Crippen LogP contribution in [0.15, 0.2) is 34.9 Å². The fraction of sp³-hybridized carbons (Fsp3) is 0.267. The van der Waals surface area contributed by atoms with Crippen LogP contribution in [-0.4, -0.2) is 28.7 Å². The lowest BCUT2D eigenvalue weighted by Gasteiger charge is -2.07. The van der Waals surface area contributed by atoms with Crippen molar-refractivity contribution >= 4 is 17.6 Å². The Labute approximate surface area is 126 Å². The summed E-state index contributed by atoms with van der Waals surface area (Å²) in [5, 5.41) is 14.8. The molecule has 1 aromatic carbocycles. The first-order chi connectivity index (χ1) is 10.5. The zero-order chi connectivity index (χ0) is 15.9. The van der Waals surface area contributed by atoms with E-state index >= 15 is 0 Å². The van der Waals surface area contributed by atoms with Gasteiger partial charge in [-0.05, 0) is 37.6 Å². The molecule has 2 N–H and O–H groups in total. The van der Waals surface area contributed by atoms with Gasteiger partial charge in [0.1, 0.15) is 5.75 Å². The van der Waals surface area contributed by atoms with Gasteiger partial charge in [0.05, 0.1) is 12.3 Å². The summed E-state index contributed by atoms with van der Waals surface area (Å²) in [6.45, 7) is 2.06. The maximum absolute atomic E-state index is 11.9. The normalized spacial score (nSPS) is 10.2. The van der Waals surface area contributed by atoms with Gasteiger partial charge in [-0.2, -0.15) is 0 Å². The highest BCUT2D eigenvalue weighted by atomic mass is 16.5. The molecule has 0 fully saturated rings. The monoisotopic (exact) mass is 304 g/mol. The number of anilines is 1. The van der Waals surface area contributed by atoms with Crippen molar-refractivity contribution in [2.45, 2.75) is 19.8 Å². The summed E-state index contributed by atoms with van der Waals surface area (Å²) in [5.74, 6) is -0.467. The molecule has 0 saturated carbocycles. The Bertz CT molecular complexity index is 648. The molecule has 0 saturated heterocycles. The topological polar surface area (TPSA) is 102 Å². The van der Waals surface area contributed by atoms with Crippen molar-refractivity contribution in [3.63, 3.8) is 0 Å². The van der Waals surface area contributed by atoms with Crippen LogP contribution in [-0.2, 0) is 4.79 Å². The number of rotatable bonds is 7. The van der Waals surface area contributed by atoms with Gasteiger partial charge in [0.15, 0.2) is 0 Å². The van der Waals surface area contributed by atoms with Crippen LogP contribution in [0.2, 0.25) is 0 Å². The van der Waals surface area contributed by atoms with Gasteiger partial charge in [-0.15, -0.1) is 0 Å². The molecule has 0 atom stereocenters. The molecule has 2 rings (SSSR count). The summed E-state index contributed by atoms with van der Waals surface area (Å²) < 4.78 is 10.3. The number of carboxylic acid groups (broad SMARTS) is 1. The molecular weight excluding hydrogens is 288 g/mol. The number of benzene rings is 1. The molecule has 0 unspecified atom stereocenters. The van der Waals surface area contributed by atoms with Gasteiger partial charge in [-0.25, -0.2) is 0 Å². The molecule has 1 heterocycles. The number of nitrogens with zero attached hydrogens (tertiary/aromatic N) is 1. The Balaban J connectivity index is 1.84. The van der Waals surface area contributed by atoms with Crippen molar-refractivity contribution in [2.24, 2.45) is 0 Å². The fourth-order valence-electron chi connectivity index (χ4n) is 1.71. The molecule has 0 bridgehead atoms. The van der Waals surface area contributed by atoms with Gasteiger partial charge < -0.3 is 19.7 Å². The number of amides is 1. The molecule has 7 nitrogen and oxygen atoms in total. The summed E-state index contributed by atoms with van der Waals surface area (Å²) in [6.07, 6.45) is 0.517. The van der Waals surface area contributed by atoms with Crippen molar-refractivity contribution in [1.29, 1.82) is 0 Å². The molecule has 0 aliphatic heterocycles. The first kappa shape index (κ1) is 15.6. The van der Waals surface area contributed by atoms with Crippen LogP contribution < -0.4 is 10.1 Å². The van der Waals surface area contributed by atoms with E-state index in [2.05, 4.69) is 10.5 Å². The SMILES string of the molecule is Cc1cc(C(=O)Nc2ccc(OCCCC(=O)O)cc2)on1. The largest absolute Gasteiger partial charge is 0.494 e. The maximum atomic E-state index is 11.9. The molecule has 0 radical (unpaired) electrons. The second-order valence-electron chi connectivity index (χ2n) is 4.66. The fourth-order valence-corrected chi connectivity index (χ4v) is 1.71. The highest BCUT2D eigenvalue weighted by Crippen LogP contribution is 2.17. The number of aliphatic carboxylic acids is 1. The highest BCUT2D eigenvalue weighted by Gasteiger charge is 2.11. The Kier molecular flexibility index (Phi) is 5.13. The van der Waals surface area contributed by atoms with Gasteiger partial charge in [-0.1, -0.05) is 5.16 Å². The van der Waals surface area contributed by atoms with E-state index in [1.165, 1.54) is 0 Å². The zero-order valence-electron chi connectivity index (χ0n) is 12.0. The van der Waals surface area contributed by atoms with Crippen molar-refractivity contribution in [2.75, 3.05) is 11.9 Å². The number of carboxylic acids is 1. The van der Waals surface area contributed by atoms with E-state index in [0.717, 1.165) is 0 Å². The Morgan fingerprint density at radius 3 is 2.64 bits per heavy atom. The minimum atomic E-state index is -0.843. The van der Waals surface area contributed by atoms with Crippen LogP contribution in [0.25, 0.3) is 0 Å². The van der Waals surface area contributed by atoms with Crippen molar-refractivity contribution < 1.29 is 24.0 Å². The number of hydrogen-bond donors (Lipinski definition) is 2. The van der Waals surface area contributed by atoms with Gasteiger partial charge in [0, 0.05) is 18.2 Å². The number of aryl methyl sites for hydroxylation is 1. The van der Waals surface area contributed by atoms with Gasteiger partial charge in [0.25, 0.3) is 5.91 Å². The van der Waals surface area contributed by atoms with Crippen molar-refractivity contribution in [1.82, 2.24) is 5.16 Å². The van der Waals surface area contributed by atoms with Crippen molar-refractivity contribution in [3.8, 4) is 5.75 Å². The second-order valence-corrected chi connectivity index (χ2v) is 4.66. The molecule has 2 aromatic rings. The van der Waals surface area contributed by atoms with Crippen LogP contribution in [0, 0.1) is 6.92 Å². The number of aromatic nitrogens is 1. The minimum Gasteiger partial charge on any atom is -0.494 e. The second kappa shape index (κ2) is 7.26. The average Bonchev–Trinajstić information content (AvgIpc) is 2.92. The molecule has 1 aromatic heterocycles. The quantitative estimate of drug-likeness (QED) is 0.762. The van der Waals surface area contributed by atoms with Crippen LogP contribution in [0.1, 0.15) is 29.1 Å². The highest BCUT2D eigenvalue weighted by molar-refractivity contribution is 6.02. The lowest BCUT2D eigenvalue weighted by Crippen LogP contribution is -2.10. The van der Waals surface area contributed by atoms with E-state index in [1.54, 1.807) is 37.3 Å². The standard InChI is InChI=1S/C15H16N2O5/c1-10-9-13(22-17-10)15(20)16-11-4-6-12(7-5-11)21-8-2-3-14(18)19/h4-7,9H,2-3,8H2,1H3,(H,16,20)(H,18,19). The summed E-state index contributed by atoms with van der Waals surface area (Å²) in [7, 11) is 0. The molecule has 116 valence electrons. The maximum Gasteiger partial charge on any atom is 0.303 e. The van der Waals surface area contributed by atoms with E-state index < -0.39 is 5.97 Å². The molecule has 0 spiro atoms. The first-order valence-corrected chi connectivity index (χ1v) is 6.74. The Morgan fingerprint density at radius 1 is 1.32 bits per heavy atom. The van der Waals surface area contributed by atoms with E-state index in [0.29, 0.717) is 30.2 Å². The molecule has 7 heteroatoms. The average molecular weight is 304 g/mol. The lowest BCUT2D eigenvalue weighted by molar-refractivity contribution is -0.137. The van der Waals surface area contributed by atoms with E-state index in [9.17, 15) is 9.59 Å². The van der Waals surface area contributed by atoms with Gasteiger partial charge in [0.2, 0.25) is 5.76 Å². The lowest BCUT2D eigenvalue weighted by atomic mass is 10.3. The van der Waals surface area contributed by atoms with E-state index in [1.807, 2.05) is 0 Å². The smallest absolute Gasteiger partial charge is 0.303 e. The molecule has 0 aliphatic rings. The molecule has 22 heavy (non-hydrogen) atoms. The van der Waals surface area contributed by atoms with E-state index in [4.69, 9.17) is 14.4 Å². The predicted octanol–water partition coefficient (Wildman–Crippen LogP) is 2.48. The third-order valence-corrected chi connectivity index (χ3v) is 2.77. The summed E-state index contributed by atoms with van der Waals surface area (Å²) in [6, 6.07) is 8.32. The number of carbonyl (C=O) groups excluding carboxylic acids is 1. The summed E-state index contributed by atoms with van der Waals surface area (Å²) in [5.41, 5.74) is 1.23. The third kappa shape index (κ3) is 4.62.